The number of nitrogens with zero attached hydrogens (tertiary/aromatic N) is 1. The minimum Gasteiger partial charge on any atom is -0.497 e. The average Bonchev–Trinajstić information content (AvgIpc) is 2.83. The highest BCUT2D eigenvalue weighted by atomic mass is 32.2. The predicted octanol–water partition coefficient (Wildman–Crippen LogP) is 4.33. The standard InChI is InChI=1S/C25H28N2O4S/c1-4-20-10-12-21(13-11-20)19(2)26-25(28)18-27(22-14-16-23(31-3)17-15-22)32(29,30)24-8-6-5-7-9-24/h5-17,19H,4,18H2,1-3H3,(H,26,28)/t19-/m0/s1. The van der Waals surface area contributed by atoms with Crippen molar-refractivity contribution in [3.63, 3.8) is 0 Å². The molecule has 6 nitrogen and oxygen atoms in total. The number of aryl methyl sites for hydroxylation is 1. The number of hydrogen-bond acceptors (Lipinski definition) is 4. The Balaban J connectivity index is 1.85. The van der Waals surface area contributed by atoms with Crippen molar-refractivity contribution in [1.82, 2.24) is 5.32 Å². The van der Waals surface area contributed by atoms with Crippen molar-refractivity contribution < 1.29 is 17.9 Å². The van der Waals surface area contributed by atoms with Crippen LogP contribution in [0, 0.1) is 0 Å². The van der Waals surface area contributed by atoms with Gasteiger partial charge in [0.25, 0.3) is 10.0 Å². The van der Waals surface area contributed by atoms with E-state index in [9.17, 15) is 13.2 Å². The number of anilines is 1. The molecule has 0 aromatic heterocycles. The second kappa shape index (κ2) is 10.3. The Morgan fingerprint density at radius 2 is 1.59 bits per heavy atom. The second-order valence-electron chi connectivity index (χ2n) is 7.41. The third kappa shape index (κ3) is 5.48. The summed E-state index contributed by atoms with van der Waals surface area (Å²) in [6, 6.07) is 22.4. The summed E-state index contributed by atoms with van der Waals surface area (Å²) in [4.78, 5) is 13.0. The Morgan fingerprint density at radius 1 is 0.969 bits per heavy atom. The zero-order valence-electron chi connectivity index (χ0n) is 18.5. The molecular formula is C25H28N2O4S. The van der Waals surface area contributed by atoms with Gasteiger partial charge in [-0.3, -0.25) is 9.10 Å². The summed E-state index contributed by atoms with van der Waals surface area (Å²) in [7, 11) is -2.41. The van der Waals surface area contributed by atoms with Crippen LogP contribution in [0.3, 0.4) is 0 Å². The van der Waals surface area contributed by atoms with Gasteiger partial charge >= 0.3 is 0 Å². The van der Waals surface area contributed by atoms with Gasteiger partial charge in [0.15, 0.2) is 0 Å². The van der Waals surface area contributed by atoms with E-state index in [-0.39, 0.29) is 17.5 Å². The third-order valence-corrected chi connectivity index (χ3v) is 7.03. The number of ether oxygens (including phenoxy) is 1. The lowest BCUT2D eigenvalue weighted by atomic mass is 10.1. The van der Waals surface area contributed by atoms with Crippen molar-refractivity contribution in [2.45, 2.75) is 31.2 Å². The zero-order chi connectivity index (χ0) is 23.1. The van der Waals surface area contributed by atoms with Crippen LogP contribution < -0.4 is 14.4 Å². The molecule has 3 rings (SSSR count). The number of amides is 1. The summed E-state index contributed by atoms with van der Waals surface area (Å²) in [5.41, 5.74) is 2.55. The van der Waals surface area contributed by atoms with Gasteiger partial charge < -0.3 is 10.1 Å². The van der Waals surface area contributed by atoms with E-state index in [1.54, 1.807) is 42.5 Å². The van der Waals surface area contributed by atoms with Crippen molar-refractivity contribution >= 4 is 21.6 Å². The number of carbonyl (C=O) groups excluding carboxylic acids is 1. The molecule has 0 saturated heterocycles. The van der Waals surface area contributed by atoms with Gasteiger partial charge in [0.1, 0.15) is 12.3 Å². The van der Waals surface area contributed by atoms with Gasteiger partial charge in [-0.15, -0.1) is 0 Å². The molecule has 32 heavy (non-hydrogen) atoms. The van der Waals surface area contributed by atoms with Gasteiger partial charge in [-0.1, -0.05) is 49.4 Å². The summed E-state index contributed by atoms with van der Waals surface area (Å²) in [5, 5.41) is 2.91. The first kappa shape index (κ1) is 23.3. The Hall–Kier alpha value is -3.32. The molecular weight excluding hydrogens is 424 g/mol. The number of rotatable bonds is 9. The Labute approximate surface area is 189 Å². The van der Waals surface area contributed by atoms with Crippen LogP contribution >= 0.6 is 0 Å². The number of methoxy groups -OCH3 is 1. The first-order valence-electron chi connectivity index (χ1n) is 10.4. The number of benzene rings is 3. The maximum Gasteiger partial charge on any atom is 0.264 e. The minimum atomic E-state index is -3.95. The van der Waals surface area contributed by atoms with E-state index in [4.69, 9.17) is 4.74 Å². The van der Waals surface area contributed by atoms with E-state index in [1.165, 1.54) is 24.8 Å². The van der Waals surface area contributed by atoms with Crippen LogP contribution in [-0.4, -0.2) is 28.0 Å². The summed E-state index contributed by atoms with van der Waals surface area (Å²) >= 11 is 0. The largest absolute Gasteiger partial charge is 0.497 e. The fourth-order valence-corrected chi connectivity index (χ4v) is 4.77. The number of carbonyl (C=O) groups is 1. The second-order valence-corrected chi connectivity index (χ2v) is 9.27. The van der Waals surface area contributed by atoms with E-state index in [2.05, 4.69) is 12.2 Å². The lowest BCUT2D eigenvalue weighted by molar-refractivity contribution is -0.120. The van der Waals surface area contributed by atoms with Crippen molar-refractivity contribution in [2.24, 2.45) is 0 Å². The van der Waals surface area contributed by atoms with E-state index >= 15 is 0 Å². The molecule has 0 unspecified atom stereocenters. The van der Waals surface area contributed by atoms with Crippen LogP contribution in [0.4, 0.5) is 5.69 Å². The molecule has 7 heteroatoms. The summed E-state index contributed by atoms with van der Waals surface area (Å²) < 4.78 is 33.0. The van der Waals surface area contributed by atoms with Gasteiger partial charge in [-0.05, 0) is 60.9 Å². The van der Waals surface area contributed by atoms with Crippen LogP contribution in [-0.2, 0) is 21.2 Å². The van der Waals surface area contributed by atoms with E-state index < -0.39 is 15.9 Å². The lowest BCUT2D eigenvalue weighted by Crippen LogP contribution is -2.41. The summed E-state index contributed by atoms with van der Waals surface area (Å²) in [5.74, 6) is 0.201. The summed E-state index contributed by atoms with van der Waals surface area (Å²) in [6.45, 7) is 3.62. The van der Waals surface area contributed by atoms with Crippen LogP contribution in [0.5, 0.6) is 5.75 Å². The van der Waals surface area contributed by atoms with Crippen molar-refractivity contribution in [3.8, 4) is 5.75 Å². The fraction of sp³-hybridized carbons (Fsp3) is 0.240. The molecule has 0 saturated carbocycles. The topological polar surface area (TPSA) is 75.7 Å². The molecule has 0 fully saturated rings. The van der Waals surface area contributed by atoms with Crippen molar-refractivity contribution in [1.29, 1.82) is 0 Å². The van der Waals surface area contributed by atoms with Crippen LogP contribution in [0.15, 0.2) is 83.8 Å². The van der Waals surface area contributed by atoms with Crippen molar-refractivity contribution in [2.75, 3.05) is 18.0 Å². The van der Waals surface area contributed by atoms with Gasteiger partial charge in [-0.2, -0.15) is 0 Å². The Morgan fingerprint density at radius 3 is 2.16 bits per heavy atom. The Kier molecular flexibility index (Phi) is 7.53. The fourth-order valence-electron chi connectivity index (χ4n) is 3.33. The minimum absolute atomic E-state index is 0.117. The highest BCUT2D eigenvalue weighted by Crippen LogP contribution is 2.26. The maximum atomic E-state index is 13.4. The van der Waals surface area contributed by atoms with Crippen LogP contribution in [0.1, 0.15) is 31.0 Å². The normalized spacial score (nSPS) is 12.1. The maximum absolute atomic E-state index is 13.4. The molecule has 3 aromatic carbocycles. The van der Waals surface area contributed by atoms with Crippen LogP contribution in [0.25, 0.3) is 0 Å². The van der Waals surface area contributed by atoms with Gasteiger partial charge in [0, 0.05) is 0 Å². The van der Waals surface area contributed by atoms with E-state index in [0.29, 0.717) is 11.4 Å². The van der Waals surface area contributed by atoms with Crippen molar-refractivity contribution in [3.05, 3.63) is 90.0 Å². The van der Waals surface area contributed by atoms with Gasteiger partial charge in [0.2, 0.25) is 5.91 Å². The molecule has 0 bridgehead atoms. The Bertz CT molecular complexity index is 1130. The quantitative estimate of drug-likeness (QED) is 0.524. The molecule has 1 N–H and O–H groups in total. The third-order valence-electron chi connectivity index (χ3n) is 5.24. The van der Waals surface area contributed by atoms with E-state index in [0.717, 1.165) is 16.3 Å². The lowest BCUT2D eigenvalue weighted by Gasteiger charge is -2.25. The van der Waals surface area contributed by atoms with Gasteiger partial charge in [0.05, 0.1) is 23.7 Å². The number of nitrogens with one attached hydrogen (secondary N) is 1. The first-order chi connectivity index (χ1) is 15.3. The molecule has 0 radical (unpaired) electrons. The molecule has 1 amide bonds. The van der Waals surface area contributed by atoms with Crippen LogP contribution in [0.2, 0.25) is 0 Å². The molecule has 0 aliphatic carbocycles. The number of sulfonamides is 1. The van der Waals surface area contributed by atoms with Gasteiger partial charge in [-0.25, -0.2) is 8.42 Å². The summed E-state index contributed by atoms with van der Waals surface area (Å²) in [6.07, 6.45) is 0.940. The highest BCUT2D eigenvalue weighted by Gasteiger charge is 2.27. The molecule has 0 spiro atoms. The molecule has 168 valence electrons. The molecule has 0 heterocycles. The molecule has 0 aliphatic heterocycles. The smallest absolute Gasteiger partial charge is 0.264 e. The molecule has 3 aromatic rings. The molecule has 1 atom stereocenters. The monoisotopic (exact) mass is 452 g/mol. The van der Waals surface area contributed by atoms with E-state index in [1.807, 2.05) is 31.2 Å². The SMILES string of the molecule is CCc1ccc([C@H](C)NC(=O)CN(c2ccc(OC)cc2)S(=O)(=O)c2ccccc2)cc1. The molecule has 0 aliphatic rings. The predicted molar refractivity (Wildman–Crippen MR) is 126 cm³/mol. The highest BCUT2D eigenvalue weighted by molar-refractivity contribution is 7.92. The first-order valence-corrected chi connectivity index (χ1v) is 11.9. The number of hydrogen-bond donors (Lipinski definition) is 1. The average molecular weight is 453 g/mol. The zero-order valence-corrected chi connectivity index (χ0v) is 19.3.